The normalized spacial score (nSPS) is 10.8. The van der Waals surface area contributed by atoms with Gasteiger partial charge in [0.1, 0.15) is 5.58 Å². The first-order valence-electron chi connectivity index (χ1n) is 7.79. The second kappa shape index (κ2) is 5.96. The van der Waals surface area contributed by atoms with Crippen molar-refractivity contribution in [2.45, 2.75) is 27.7 Å². The molecule has 24 heavy (non-hydrogen) atoms. The zero-order valence-electron chi connectivity index (χ0n) is 14.2. The smallest absolute Gasteiger partial charge is 0.291 e. The van der Waals surface area contributed by atoms with Crippen LogP contribution in [0.3, 0.4) is 0 Å². The molecule has 0 bridgehead atoms. The number of nitrogens with one attached hydrogen (secondary N) is 1. The van der Waals surface area contributed by atoms with Crippen molar-refractivity contribution < 1.29 is 9.21 Å². The molecular formula is C20H19NO3. The third-order valence-corrected chi connectivity index (χ3v) is 4.10. The molecule has 3 aromatic rings. The largest absolute Gasteiger partial charge is 0.450 e. The molecule has 2 aromatic carbocycles. The van der Waals surface area contributed by atoms with Gasteiger partial charge in [0.15, 0.2) is 11.2 Å². The number of hydrogen-bond donors (Lipinski definition) is 1. The molecule has 0 fully saturated rings. The highest BCUT2D eigenvalue weighted by Crippen LogP contribution is 2.22. The second-order valence-corrected chi connectivity index (χ2v) is 6.15. The Labute approximate surface area is 140 Å². The van der Waals surface area contributed by atoms with Crippen LogP contribution in [0, 0.1) is 27.7 Å². The highest BCUT2D eigenvalue weighted by molar-refractivity contribution is 6.03. The van der Waals surface area contributed by atoms with E-state index in [0.29, 0.717) is 11.0 Å². The van der Waals surface area contributed by atoms with Gasteiger partial charge in [-0.25, -0.2) is 0 Å². The van der Waals surface area contributed by atoms with Crippen molar-refractivity contribution >= 4 is 22.6 Å². The lowest BCUT2D eigenvalue weighted by Gasteiger charge is -2.11. The molecule has 0 saturated carbocycles. The standard InChI is InChI=1S/C20H19NO3/c1-11-8-14(4)19-15(9-11)16(22)10-17(24-19)20(23)21-18-12(2)6-5-7-13(18)3/h5-10H,1-4H3,(H,21,23). The van der Waals surface area contributed by atoms with E-state index in [4.69, 9.17) is 4.42 Å². The summed E-state index contributed by atoms with van der Waals surface area (Å²) < 4.78 is 5.73. The molecule has 0 aliphatic heterocycles. The highest BCUT2D eigenvalue weighted by atomic mass is 16.3. The SMILES string of the molecule is Cc1cc(C)c2oc(C(=O)Nc3c(C)cccc3C)cc(=O)c2c1. The lowest BCUT2D eigenvalue weighted by atomic mass is 10.1. The van der Waals surface area contributed by atoms with Crippen LogP contribution >= 0.6 is 0 Å². The summed E-state index contributed by atoms with van der Waals surface area (Å²) in [6.07, 6.45) is 0. The molecule has 1 N–H and O–H groups in total. The lowest BCUT2D eigenvalue weighted by Crippen LogP contribution is -2.16. The maximum atomic E-state index is 12.5. The van der Waals surface area contributed by atoms with Crippen LogP contribution in [0.2, 0.25) is 0 Å². The highest BCUT2D eigenvalue weighted by Gasteiger charge is 2.15. The molecule has 4 heteroatoms. The minimum absolute atomic E-state index is 0.0158. The molecule has 0 spiro atoms. The first kappa shape index (κ1) is 16.0. The first-order chi connectivity index (χ1) is 11.4. The number of carbonyl (C=O) groups is 1. The van der Waals surface area contributed by atoms with Crippen LogP contribution in [0.25, 0.3) is 11.0 Å². The number of fused-ring (bicyclic) bond motifs is 1. The Morgan fingerprint density at radius 1 is 0.958 bits per heavy atom. The van der Waals surface area contributed by atoms with Gasteiger partial charge < -0.3 is 9.73 Å². The zero-order valence-corrected chi connectivity index (χ0v) is 14.2. The lowest BCUT2D eigenvalue weighted by molar-refractivity contribution is 0.0997. The Kier molecular flexibility index (Phi) is 3.97. The van der Waals surface area contributed by atoms with Gasteiger partial charge in [0, 0.05) is 11.8 Å². The van der Waals surface area contributed by atoms with Crippen LogP contribution in [0.5, 0.6) is 0 Å². The monoisotopic (exact) mass is 321 g/mol. The summed E-state index contributed by atoms with van der Waals surface area (Å²) in [7, 11) is 0. The van der Waals surface area contributed by atoms with E-state index >= 15 is 0 Å². The molecule has 1 heterocycles. The summed E-state index contributed by atoms with van der Waals surface area (Å²) in [5, 5.41) is 3.34. The van der Waals surface area contributed by atoms with Crippen molar-refractivity contribution in [3.05, 3.63) is 74.6 Å². The van der Waals surface area contributed by atoms with Crippen molar-refractivity contribution in [2.75, 3.05) is 5.32 Å². The minimum atomic E-state index is -0.425. The minimum Gasteiger partial charge on any atom is -0.450 e. The van der Waals surface area contributed by atoms with Gasteiger partial charge in [-0.15, -0.1) is 0 Å². The molecule has 3 rings (SSSR count). The third kappa shape index (κ3) is 2.83. The van der Waals surface area contributed by atoms with Crippen LogP contribution in [0.4, 0.5) is 5.69 Å². The van der Waals surface area contributed by atoms with Crippen LogP contribution in [0.15, 0.2) is 45.6 Å². The Bertz CT molecular complexity index is 995. The Morgan fingerprint density at radius 2 is 1.62 bits per heavy atom. The number of anilines is 1. The predicted molar refractivity (Wildman–Crippen MR) is 95.8 cm³/mol. The predicted octanol–water partition coefficient (Wildman–Crippen LogP) is 4.28. The van der Waals surface area contributed by atoms with Gasteiger partial charge in [-0.05, 0) is 56.0 Å². The number of para-hydroxylation sites is 1. The zero-order chi connectivity index (χ0) is 17.4. The van der Waals surface area contributed by atoms with Gasteiger partial charge >= 0.3 is 0 Å². The molecule has 1 aromatic heterocycles. The van der Waals surface area contributed by atoms with E-state index in [-0.39, 0.29) is 11.2 Å². The summed E-state index contributed by atoms with van der Waals surface area (Å²) in [5.41, 5.74) is 4.72. The fraction of sp³-hybridized carbons (Fsp3) is 0.200. The summed E-state index contributed by atoms with van der Waals surface area (Å²) >= 11 is 0. The molecule has 0 atom stereocenters. The van der Waals surface area contributed by atoms with E-state index < -0.39 is 5.91 Å². The molecular weight excluding hydrogens is 302 g/mol. The van der Waals surface area contributed by atoms with Gasteiger partial charge in [-0.1, -0.05) is 24.3 Å². The van der Waals surface area contributed by atoms with Gasteiger partial charge in [-0.2, -0.15) is 0 Å². The average Bonchev–Trinajstić information content (AvgIpc) is 2.51. The van der Waals surface area contributed by atoms with Gasteiger partial charge in [0.05, 0.1) is 5.39 Å². The number of amides is 1. The van der Waals surface area contributed by atoms with Crippen LogP contribution in [0.1, 0.15) is 32.8 Å². The van der Waals surface area contributed by atoms with E-state index in [1.54, 1.807) is 6.07 Å². The van der Waals surface area contributed by atoms with Crippen molar-refractivity contribution in [3.63, 3.8) is 0 Å². The van der Waals surface area contributed by atoms with E-state index in [2.05, 4.69) is 5.32 Å². The van der Waals surface area contributed by atoms with Crippen molar-refractivity contribution in [2.24, 2.45) is 0 Å². The van der Waals surface area contributed by atoms with E-state index in [0.717, 1.165) is 27.9 Å². The second-order valence-electron chi connectivity index (χ2n) is 6.15. The van der Waals surface area contributed by atoms with Crippen molar-refractivity contribution in [1.82, 2.24) is 0 Å². The number of carbonyl (C=O) groups excluding carboxylic acids is 1. The summed E-state index contributed by atoms with van der Waals surface area (Å²) in [6, 6.07) is 10.7. The molecule has 122 valence electrons. The summed E-state index contributed by atoms with van der Waals surface area (Å²) in [6.45, 7) is 7.64. The van der Waals surface area contributed by atoms with E-state index in [9.17, 15) is 9.59 Å². The average molecular weight is 321 g/mol. The molecule has 0 saturated heterocycles. The maximum Gasteiger partial charge on any atom is 0.291 e. The molecule has 1 amide bonds. The summed E-state index contributed by atoms with van der Waals surface area (Å²) in [5.74, 6) is -0.409. The first-order valence-corrected chi connectivity index (χ1v) is 7.79. The Balaban J connectivity index is 2.07. The fourth-order valence-electron chi connectivity index (χ4n) is 2.91. The Hall–Kier alpha value is -2.88. The number of rotatable bonds is 2. The number of benzene rings is 2. The van der Waals surface area contributed by atoms with Gasteiger partial charge in [0.2, 0.25) is 0 Å². The Morgan fingerprint density at radius 3 is 2.29 bits per heavy atom. The molecule has 4 nitrogen and oxygen atoms in total. The molecule has 0 aliphatic rings. The molecule has 0 unspecified atom stereocenters. The van der Waals surface area contributed by atoms with Crippen LogP contribution in [-0.4, -0.2) is 5.91 Å². The molecule has 0 aliphatic carbocycles. The van der Waals surface area contributed by atoms with Crippen LogP contribution < -0.4 is 10.7 Å². The summed E-state index contributed by atoms with van der Waals surface area (Å²) in [4.78, 5) is 24.9. The number of hydrogen-bond acceptors (Lipinski definition) is 3. The maximum absolute atomic E-state index is 12.5. The van der Waals surface area contributed by atoms with Crippen molar-refractivity contribution in [1.29, 1.82) is 0 Å². The van der Waals surface area contributed by atoms with Gasteiger partial charge in [-0.3, -0.25) is 9.59 Å². The number of aryl methyl sites for hydroxylation is 4. The van der Waals surface area contributed by atoms with Crippen molar-refractivity contribution in [3.8, 4) is 0 Å². The van der Waals surface area contributed by atoms with Crippen LogP contribution in [-0.2, 0) is 0 Å². The van der Waals surface area contributed by atoms with Gasteiger partial charge in [0.25, 0.3) is 5.91 Å². The fourth-order valence-corrected chi connectivity index (χ4v) is 2.91. The quantitative estimate of drug-likeness (QED) is 0.766. The topological polar surface area (TPSA) is 59.3 Å². The van der Waals surface area contributed by atoms with E-state index in [1.807, 2.05) is 52.0 Å². The van der Waals surface area contributed by atoms with E-state index in [1.165, 1.54) is 6.07 Å². The third-order valence-electron chi connectivity index (χ3n) is 4.10. The molecule has 0 radical (unpaired) electrons.